The number of hydrogen-bond acceptors (Lipinski definition) is 3. The number of benzene rings is 1. The Morgan fingerprint density at radius 3 is 2.57 bits per heavy atom. The second-order valence-electron chi connectivity index (χ2n) is 5.52. The monoisotopic (exact) mass is 375 g/mol. The molecule has 21 heavy (non-hydrogen) atoms. The molecule has 1 fully saturated rings. The summed E-state index contributed by atoms with van der Waals surface area (Å²) in [6.07, 6.45) is 2.83. The van der Waals surface area contributed by atoms with E-state index in [1.807, 2.05) is 6.92 Å². The molecule has 0 amide bonds. The van der Waals surface area contributed by atoms with Crippen molar-refractivity contribution in [2.45, 2.75) is 44.0 Å². The van der Waals surface area contributed by atoms with Gasteiger partial charge in [-0.3, -0.25) is 0 Å². The Kier molecular flexibility index (Phi) is 4.75. The third-order valence-electron chi connectivity index (χ3n) is 4.03. The molecule has 0 aliphatic heterocycles. The topological polar surface area (TPSA) is 83.5 Å². The minimum absolute atomic E-state index is 0.00998. The van der Waals surface area contributed by atoms with E-state index in [0.717, 1.165) is 19.3 Å². The van der Waals surface area contributed by atoms with Crippen LogP contribution < -0.4 is 4.72 Å². The van der Waals surface area contributed by atoms with Crippen LogP contribution in [0, 0.1) is 12.8 Å². The van der Waals surface area contributed by atoms with Gasteiger partial charge in [-0.15, -0.1) is 0 Å². The highest BCUT2D eigenvalue weighted by molar-refractivity contribution is 9.10. The molecule has 1 aliphatic carbocycles. The number of rotatable bonds is 4. The lowest BCUT2D eigenvalue weighted by Gasteiger charge is -2.18. The van der Waals surface area contributed by atoms with Crippen molar-refractivity contribution in [2.24, 2.45) is 5.92 Å². The standard InChI is InChI=1S/C14H18BrNO4S/c1-8-4-3-5-13(8)16-21(19,20)10-6-11(14(17)18)9(2)12(15)7-10/h6-8,13,16H,3-5H2,1-2H3,(H,17,18). The highest BCUT2D eigenvalue weighted by Crippen LogP contribution is 2.28. The molecule has 7 heteroatoms. The summed E-state index contributed by atoms with van der Waals surface area (Å²) in [4.78, 5) is 11.2. The lowest BCUT2D eigenvalue weighted by Crippen LogP contribution is -2.36. The van der Waals surface area contributed by atoms with Crippen molar-refractivity contribution in [3.05, 3.63) is 27.7 Å². The fraction of sp³-hybridized carbons (Fsp3) is 0.500. The van der Waals surface area contributed by atoms with E-state index >= 15 is 0 Å². The Morgan fingerprint density at radius 1 is 1.38 bits per heavy atom. The second-order valence-corrected chi connectivity index (χ2v) is 8.09. The number of halogens is 1. The van der Waals surface area contributed by atoms with Gasteiger partial charge >= 0.3 is 5.97 Å². The van der Waals surface area contributed by atoms with Crippen molar-refractivity contribution >= 4 is 31.9 Å². The number of sulfonamides is 1. The van der Waals surface area contributed by atoms with Crippen molar-refractivity contribution in [1.29, 1.82) is 0 Å². The maximum atomic E-state index is 12.4. The number of nitrogens with one attached hydrogen (secondary N) is 1. The molecule has 116 valence electrons. The summed E-state index contributed by atoms with van der Waals surface area (Å²) in [5.41, 5.74) is 0.500. The smallest absolute Gasteiger partial charge is 0.336 e. The van der Waals surface area contributed by atoms with Gasteiger partial charge in [0, 0.05) is 10.5 Å². The van der Waals surface area contributed by atoms with Gasteiger partial charge < -0.3 is 5.11 Å². The summed E-state index contributed by atoms with van der Waals surface area (Å²) in [6, 6.07) is 2.58. The minimum Gasteiger partial charge on any atom is -0.478 e. The molecule has 2 rings (SSSR count). The van der Waals surface area contributed by atoms with E-state index in [4.69, 9.17) is 0 Å². The van der Waals surface area contributed by atoms with Gasteiger partial charge in [-0.2, -0.15) is 0 Å². The Bertz CT molecular complexity index is 672. The van der Waals surface area contributed by atoms with Gasteiger partial charge in [-0.1, -0.05) is 29.3 Å². The van der Waals surface area contributed by atoms with Crippen LogP contribution in [0.1, 0.15) is 42.1 Å². The molecule has 1 saturated carbocycles. The predicted molar refractivity (Wildman–Crippen MR) is 83.0 cm³/mol. The van der Waals surface area contributed by atoms with Crippen LogP contribution in [0.25, 0.3) is 0 Å². The molecule has 0 heterocycles. The molecule has 5 nitrogen and oxygen atoms in total. The van der Waals surface area contributed by atoms with Crippen LogP contribution in [0.15, 0.2) is 21.5 Å². The lowest BCUT2D eigenvalue weighted by molar-refractivity contribution is 0.0695. The largest absolute Gasteiger partial charge is 0.478 e. The summed E-state index contributed by atoms with van der Waals surface area (Å²) < 4.78 is 28.1. The Morgan fingerprint density at radius 2 is 2.05 bits per heavy atom. The molecule has 2 N–H and O–H groups in total. The van der Waals surface area contributed by atoms with Crippen molar-refractivity contribution in [2.75, 3.05) is 0 Å². The average molecular weight is 376 g/mol. The molecule has 1 aliphatic rings. The first kappa shape index (κ1) is 16.5. The van der Waals surface area contributed by atoms with Crippen LogP contribution in [-0.2, 0) is 10.0 Å². The Hall–Kier alpha value is -0.920. The lowest BCUT2D eigenvalue weighted by atomic mass is 10.1. The number of aromatic carboxylic acids is 1. The van der Waals surface area contributed by atoms with Gasteiger partial charge in [0.15, 0.2) is 0 Å². The van der Waals surface area contributed by atoms with Gasteiger partial charge in [-0.25, -0.2) is 17.9 Å². The quantitative estimate of drug-likeness (QED) is 0.847. The molecule has 0 saturated heterocycles. The average Bonchev–Trinajstić information content (AvgIpc) is 2.77. The number of hydrogen-bond donors (Lipinski definition) is 2. The van der Waals surface area contributed by atoms with E-state index in [-0.39, 0.29) is 16.5 Å². The number of carboxylic acid groups (broad SMARTS) is 1. The number of carbonyl (C=O) groups is 1. The maximum absolute atomic E-state index is 12.4. The first-order valence-electron chi connectivity index (χ1n) is 6.78. The fourth-order valence-electron chi connectivity index (χ4n) is 2.62. The minimum atomic E-state index is -3.72. The van der Waals surface area contributed by atoms with Crippen molar-refractivity contribution < 1.29 is 18.3 Å². The predicted octanol–water partition coefficient (Wildman–Crippen LogP) is 2.92. The normalized spacial score (nSPS) is 22.4. The van der Waals surface area contributed by atoms with Gasteiger partial charge in [0.2, 0.25) is 10.0 Å². The van der Waals surface area contributed by atoms with Crippen LogP contribution in [0.5, 0.6) is 0 Å². The maximum Gasteiger partial charge on any atom is 0.336 e. The van der Waals surface area contributed by atoms with Crippen molar-refractivity contribution in [1.82, 2.24) is 4.72 Å². The molecular formula is C14H18BrNO4S. The van der Waals surface area contributed by atoms with Crippen molar-refractivity contribution in [3.8, 4) is 0 Å². The van der Waals surface area contributed by atoms with Crippen LogP contribution in [0.2, 0.25) is 0 Å². The molecule has 1 aromatic carbocycles. The second kappa shape index (κ2) is 6.06. The van der Waals surface area contributed by atoms with Crippen LogP contribution >= 0.6 is 15.9 Å². The molecular weight excluding hydrogens is 358 g/mol. The van der Waals surface area contributed by atoms with E-state index in [1.165, 1.54) is 12.1 Å². The first-order valence-corrected chi connectivity index (χ1v) is 9.06. The van der Waals surface area contributed by atoms with Crippen LogP contribution in [0.3, 0.4) is 0 Å². The van der Waals surface area contributed by atoms with Gasteiger partial charge in [0.25, 0.3) is 0 Å². The van der Waals surface area contributed by atoms with E-state index in [0.29, 0.717) is 16.0 Å². The van der Waals surface area contributed by atoms with E-state index < -0.39 is 16.0 Å². The zero-order chi connectivity index (χ0) is 15.8. The molecule has 2 atom stereocenters. The molecule has 1 aromatic rings. The third-order valence-corrected chi connectivity index (χ3v) is 6.32. The summed E-state index contributed by atoms with van der Waals surface area (Å²) in [5, 5.41) is 9.17. The van der Waals surface area contributed by atoms with E-state index in [9.17, 15) is 18.3 Å². The zero-order valence-corrected chi connectivity index (χ0v) is 14.3. The van der Waals surface area contributed by atoms with E-state index in [1.54, 1.807) is 6.92 Å². The van der Waals surface area contributed by atoms with Gasteiger partial charge in [-0.05, 0) is 43.4 Å². The summed E-state index contributed by atoms with van der Waals surface area (Å²) in [5.74, 6) is -0.841. The molecule has 0 aromatic heterocycles. The Labute approximate surface area is 132 Å². The summed E-state index contributed by atoms with van der Waals surface area (Å²) >= 11 is 3.23. The summed E-state index contributed by atoms with van der Waals surface area (Å²) in [6.45, 7) is 3.66. The van der Waals surface area contributed by atoms with Crippen LogP contribution in [-0.4, -0.2) is 25.5 Å². The van der Waals surface area contributed by atoms with Gasteiger partial charge in [0.05, 0.1) is 10.5 Å². The van der Waals surface area contributed by atoms with Gasteiger partial charge in [0.1, 0.15) is 0 Å². The molecule has 2 unspecified atom stereocenters. The van der Waals surface area contributed by atoms with Crippen molar-refractivity contribution in [3.63, 3.8) is 0 Å². The molecule has 0 radical (unpaired) electrons. The first-order chi connectivity index (χ1) is 9.72. The third kappa shape index (κ3) is 3.46. The molecule has 0 bridgehead atoms. The molecule has 0 spiro atoms. The fourth-order valence-corrected chi connectivity index (χ4v) is 4.66. The summed E-state index contributed by atoms with van der Waals surface area (Å²) in [7, 11) is -3.72. The van der Waals surface area contributed by atoms with E-state index in [2.05, 4.69) is 20.7 Å². The highest BCUT2D eigenvalue weighted by atomic mass is 79.9. The Balaban J connectivity index is 2.38. The highest BCUT2D eigenvalue weighted by Gasteiger charge is 2.29. The zero-order valence-electron chi connectivity index (χ0n) is 11.9. The SMILES string of the molecule is Cc1c(Br)cc(S(=O)(=O)NC2CCCC2C)cc1C(=O)O. The van der Waals surface area contributed by atoms with Crippen LogP contribution in [0.4, 0.5) is 0 Å². The number of carboxylic acids is 1.